The highest BCUT2D eigenvalue weighted by Crippen LogP contribution is 2.45. The third kappa shape index (κ3) is 6.00. The van der Waals surface area contributed by atoms with E-state index in [1.165, 1.54) is 34.5 Å². The number of methoxy groups -OCH3 is 1. The van der Waals surface area contributed by atoms with Crippen molar-refractivity contribution in [3.63, 3.8) is 0 Å². The molecule has 0 N–H and O–H groups in total. The van der Waals surface area contributed by atoms with Gasteiger partial charge in [-0.3, -0.25) is 14.3 Å². The number of benzene rings is 1. The molecule has 1 aromatic carbocycles. The van der Waals surface area contributed by atoms with Gasteiger partial charge in [-0.1, -0.05) is 24.3 Å². The second-order valence-electron chi connectivity index (χ2n) is 12.3. The second-order valence-corrected chi connectivity index (χ2v) is 12.3. The molecule has 14 heteroatoms. The summed E-state index contributed by atoms with van der Waals surface area (Å²) in [6, 6.07) is 6.79. The molecule has 1 amide bonds. The number of carbonyl (C=O) groups excluding carboxylic acids is 1. The average Bonchev–Trinajstić information content (AvgIpc) is 3.60. The minimum atomic E-state index is -4.56. The first-order valence-electron chi connectivity index (χ1n) is 14.4. The van der Waals surface area contributed by atoms with E-state index >= 15 is 0 Å². The maximum absolute atomic E-state index is 14.2. The number of hydrogen-bond donors (Lipinski definition) is 0. The Balaban J connectivity index is 1.42. The Kier molecular flexibility index (Phi) is 7.40. The standard InChI is InChI=1S/C31H32F3N7O4/c1-30(2,3)45-29(43)40-13-20-21(14-40)37-26(23-24(18-10-11-18)35-16-36-27(23)44-5)41(28(20)42)12-17-6-8-19(9-7-17)25-38-22(15-39(25)4)31(32,33)34/h6-9,15-16,18H,10-14H2,1-5H3. The van der Waals surface area contributed by atoms with Crippen molar-refractivity contribution < 1.29 is 27.4 Å². The molecular formula is C31H32F3N7O4. The summed E-state index contributed by atoms with van der Waals surface area (Å²) >= 11 is 0. The van der Waals surface area contributed by atoms with Crippen molar-refractivity contribution in [2.24, 2.45) is 7.05 Å². The molecule has 4 heterocycles. The van der Waals surface area contributed by atoms with Crippen LogP contribution >= 0.6 is 0 Å². The topological polar surface area (TPSA) is 117 Å². The molecule has 0 bridgehead atoms. The number of aromatic nitrogens is 6. The van der Waals surface area contributed by atoms with Crippen LogP contribution in [0, 0.1) is 0 Å². The van der Waals surface area contributed by atoms with Crippen LogP contribution in [0.2, 0.25) is 0 Å². The molecule has 0 atom stereocenters. The number of imidazole rings is 1. The van der Waals surface area contributed by atoms with Crippen LogP contribution in [0.3, 0.4) is 0 Å². The van der Waals surface area contributed by atoms with Gasteiger partial charge in [-0.15, -0.1) is 0 Å². The fraction of sp³-hybridized carbons (Fsp3) is 0.419. The van der Waals surface area contributed by atoms with Crippen LogP contribution in [0.4, 0.5) is 18.0 Å². The Labute approximate surface area is 256 Å². The van der Waals surface area contributed by atoms with Crippen LogP contribution < -0.4 is 10.3 Å². The maximum atomic E-state index is 14.2. The van der Waals surface area contributed by atoms with Crippen LogP contribution in [0.15, 0.2) is 41.6 Å². The molecule has 3 aromatic heterocycles. The highest BCUT2D eigenvalue weighted by Gasteiger charge is 2.36. The van der Waals surface area contributed by atoms with Gasteiger partial charge in [-0.05, 0) is 39.2 Å². The van der Waals surface area contributed by atoms with Crippen LogP contribution in [-0.2, 0) is 37.6 Å². The highest BCUT2D eigenvalue weighted by molar-refractivity contribution is 5.70. The van der Waals surface area contributed by atoms with E-state index in [1.807, 2.05) is 0 Å². The Morgan fingerprint density at radius 1 is 1.02 bits per heavy atom. The SMILES string of the molecule is COc1ncnc(C2CC2)c1-c1nc2c(c(=O)n1Cc1ccc(-c3nc(C(F)(F)F)cn3C)cc1)CN(C(=O)OC(C)(C)C)C2. The molecule has 0 radical (unpaired) electrons. The number of aryl methyl sites for hydroxylation is 1. The van der Waals surface area contributed by atoms with E-state index in [2.05, 4.69) is 15.0 Å². The largest absolute Gasteiger partial charge is 0.480 e. The van der Waals surface area contributed by atoms with Gasteiger partial charge < -0.3 is 14.0 Å². The number of nitrogens with zero attached hydrogens (tertiary/aromatic N) is 7. The first-order valence-corrected chi connectivity index (χ1v) is 14.4. The Morgan fingerprint density at radius 3 is 2.33 bits per heavy atom. The van der Waals surface area contributed by atoms with Crippen molar-refractivity contribution in [3.8, 4) is 28.7 Å². The number of fused-ring (bicyclic) bond motifs is 1. The third-order valence-electron chi connectivity index (χ3n) is 7.63. The molecule has 1 saturated carbocycles. The van der Waals surface area contributed by atoms with E-state index in [4.69, 9.17) is 14.5 Å². The lowest BCUT2D eigenvalue weighted by Crippen LogP contribution is -2.34. The van der Waals surface area contributed by atoms with E-state index in [0.717, 1.165) is 24.7 Å². The van der Waals surface area contributed by atoms with E-state index in [1.54, 1.807) is 45.0 Å². The fourth-order valence-electron chi connectivity index (χ4n) is 5.37. The predicted molar refractivity (Wildman–Crippen MR) is 156 cm³/mol. The molecule has 4 aromatic rings. The van der Waals surface area contributed by atoms with Gasteiger partial charge in [-0.2, -0.15) is 13.2 Å². The monoisotopic (exact) mass is 623 g/mol. The van der Waals surface area contributed by atoms with Crippen molar-refractivity contribution in [1.29, 1.82) is 0 Å². The zero-order chi connectivity index (χ0) is 32.3. The van der Waals surface area contributed by atoms with Gasteiger partial charge in [-0.25, -0.2) is 24.7 Å². The van der Waals surface area contributed by atoms with Crippen molar-refractivity contribution in [1.82, 2.24) is 34.0 Å². The van der Waals surface area contributed by atoms with E-state index in [9.17, 15) is 22.8 Å². The summed E-state index contributed by atoms with van der Waals surface area (Å²) in [7, 11) is 2.99. The van der Waals surface area contributed by atoms with Gasteiger partial charge >= 0.3 is 12.3 Å². The van der Waals surface area contributed by atoms with Gasteiger partial charge in [0.1, 0.15) is 23.3 Å². The molecule has 236 valence electrons. The van der Waals surface area contributed by atoms with Crippen LogP contribution in [-0.4, -0.2) is 52.8 Å². The summed E-state index contributed by atoms with van der Waals surface area (Å²) in [6.07, 6.45) is -0.881. The van der Waals surface area contributed by atoms with Gasteiger partial charge in [0.25, 0.3) is 5.56 Å². The van der Waals surface area contributed by atoms with Crippen LogP contribution in [0.25, 0.3) is 22.8 Å². The molecule has 0 unspecified atom stereocenters. The predicted octanol–water partition coefficient (Wildman–Crippen LogP) is 5.30. The van der Waals surface area contributed by atoms with E-state index in [-0.39, 0.29) is 42.8 Å². The number of ether oxygens (including phenoxy) is 2. The molecule has 0 saturated heterocycles. The van der Waals surface area contributed by atoms with Crippen molar-refractivity contribution in [2.75, 3.05) is 7.11 Å². The molecule has 1 aliphatic carbocycles. The minimum Gasteiger partial charge on any atom is -0.480 e. The molecular weight excluding hydrogens is 591 g/mol. The van der Waals surface area contributed by atoms with Gasteiger partial charge in [0, 0.05) is 24.7 Å². The number of carbonyl (C=O) groups is 1. The number of hydrogen-bond acceptors (Lipinski definition) is 8. The van der Waals surface area contributed by atoms with Gasteiger partial charge in [0.2, 0.25) is 5.88 Å². The number of alkyl halides is 3. The van der Waals surface area contributed by atoms with E-state index in [0.29, 0.717) is 33.8 Å². The van der Waals surface area contributed by atoms with Crippen molar-refractivity contribution in [2.45, 2.75) is 70.9 Å². The highest BCUT2D eigenvalue weighted by atomic mass is 19.4. The number of halogens is 3. The Hall–Kier alpha value is -4.75. The third-order valence-corrected chi connectivity index (χ3v) is 7.63. The quantitative estimate of drug-likeness (QED) is 0.284. The molecule has 45 heavy (non-hydrogen) atoms. The first-order chi connectivity index (χ1) is 21.2. The lowest BCUT2D eigenvalue weighted by molar-refractivity contribution is -0.140. The fourth-order valence-corrected chi connectivity index (χ4v) is 5.37. The summed E-state index contributed by atoms with van der Waals surface area (Å²) in [4.78, 5) is 46.1. The van der Waals surface area contributed by atoms with Gasteiger partial charge in [0.15, 0.2) is 11.5 Å². The average molecular weight is 624 g/mol. The second kappa shape index (κ2) is 11.0. The lowest BCUT2D eigenvalue weighted by Gasteiger charge is -2.23. The zero-order valence-corrected chi connectivity index (χ0v) is 25.5. The first kappa shape index (κ1) is 30.3. The molecule has 0 spiro atoms. The lowest BCUT2D eigenvalue weighted by atomic mass is 10.1. The number of amides is 1. The summed E-state index contributed by atoms with van der Waals surface area (Å²) in [5, 5.41) is 0. The smallest absolute Gasteiger partial charge is 0.434 e. The summed E-state index contributed by atoms with van der Waals surface area (Å²) in [5.41, 5.74) is 1.23. The number of rotatable bonds is 6. The summed E-state index contributed by atoms with van der Waals surface area (Å²) in [5.74, 6) is 0.924. The van der Waals surface area contributed by atoms with Crippen LogP contribution in [0.1, 0.15) is 67.7 Å². The van der Waals surface area contributed by atoms with E-state index < -0.39 is 23.6 Å². The van der Waals surface area contributed by atoms with Crippen molar-refractivity contribution >= 4 is 6.09 Å². The van der Waals surface area contributed by atoms with Crippen molar-refractivity contribution in [3.05, 3.63) is 75.4 Å². The Morgan fingerprint density at radius 2 is 1.73 bits per heavy atom. The normalized spacial score (nSPS) is 14.9. The minimum absolute atomic E-state index is 0.0356. The van der Waals surface area contributed by atoms with Gasteiger partial charge in [0.05, 0.1) is 43.7 Å². The zero-order valence-electron chi connectivity index (χ0n) is 25.5. The molecule has 1 aliphatic heterocycles. The summed E-state index contributed by atoms with van der Waals surface area (Å²) in [6.45, 7) is 5.53. The molecule has 11 nitrogen and oxygen atoms in total. The maximum Gasteiger partial charge on any atom is 0.434 e. The Bertz CT molecular complexity index is 1840. The molecule has 2 aliphatic rings. The van der Waals surface area contributed by atoms with Crippen LogP contribution in [0.5, 0.6) is 5.88 Å². The molecule has 6 rings (SSSR count). The molecule has 1 fully saturated rings. The summed E-state index contributed by atoms with van der Waals surface area (Å²) < 4.78 is 53.7.